The Kier molecular flexibility index (Phi) is 5.12. The minimum Gasteiger partial charge on any atom is -0.466 e. The van der Waals surface area contributed by atoms with Crippen molar-refractivity contribution >= 4 is 22.9 Å². The van der Waals surface area contributed by atoms with Crippen molar-refractivity contribution in [2.75, 3.05) is 18.9 Å². The highest BCUT2D eigenvalue weighted by atomic mass is 32.2. The summed E-state index contributed by atoms with van der Waals surface area (Å²) in [4.78, 5) is 15.5. The molecule has 0 saturated carbocycles. The summed E-state index contributed by atoms with van der Waals surface area (Å²) in [6.45, 7) is 7.27. The topological polar surface area (TPSA) is 50.7 Å². The molecule has 0 amide bonds. The van der Waals surface area contributed by atoms with Crippen molar-refractivity contribution in [2.24, 2.45) is 4.99 Å². The zero-order valence-electron chi connectivity index (χ0n) is 10.2. The molecule has 0 unspecified atom stereocenters. The van der Waals surface area contributed by atoms with Gasteiger partial charge in [0, 0.05) is 24.3 Å². The van der Waals surface area contributed by atoms with Crippen LogP contribution in [0.5, 0.6) is 0 Å². The van der Waals surface area contributed by atoms with E-state index in [-0.39, 0.29) is 11.5 Å². The molecule has 92 valence electrons. The van der Waals surface area contributed by atoms with Gasteiger partial charge in [-0.05, 0) is 27.2 Å². The van der Waals surface area contributed by atoms with E-state index in [4.69, 9.17) is 4.74 Å². The number of esters is 1. The molecule has 0 aromatic rings. The standard InChI is InChI=1S/C11H20N2O2S/c1-4-15-9(14)6-5-7-12-10-13-11(2,3)8-16-10/h4-8H2,1-3H3,(H,12,13). The fraction of sp³-hybridized carbons (Fsp3) is 0.818. The lowest BCUT2D eigenvalue weighted by Crippen LogP contribution is -2.36. The number of thioether (sulfide) groups is 1. The first-order chi connectivity index (χ1) is 7.53. The molecule has 1 N–H and O–H groups in total. The molecule has 4 nitrogen and oxygen atoms in total. The molecule has 0 aromatic carbocycles. The third-order valence-corrected chi connectivity index (χ3v) is 3.49. The number of rotatable bonds is 5. The molecule has 0 aromatic heterocycles. The minimum atomic E-state index is -0.130. The molecule has 0 atom stereocenters. The van der Waals surface area contributed by atoms with Crippen LogP contribution in [-0.2, 0) is 9.53 Å². The molecule has 0 spiro atoms. The summed E-state index contributed by atoms with van der Waals surface area (Å²) in [6, 6.07) is 0. The van der Waals surface area contributed by atoms with E-state index in [1.54, 1.807) is 11.8 Å². The predicted octanol–water partition coefficient (Wildman–Crippen LogP) is 1.80. The number of aliphatic imine (C=N–C) groups is 1. The van der Waals surface area contributed by atoms with E-state index in [1.165, 1.54) is 0 Å². The van der Waals surface area contributed by atoms with Crippen LogP contribution in [-0.4, -0.2) is 35.6 Å². The number of carbonyl (C=O) groups is 1. The highest BCUT2D eigenvalue weighted by Crippen LogP contribution is 2.21. The first kappa shape index (κ1) is 13.4. The largest absolute Gasteiger partial charge is 0.466 e. The monoisotopic (exact) mass is 244 g/mol. The quantitative estimate of drug-likeness (QED) is 0.592. The summed E-state index contributed by atoms with van der Waals surface area (Å²) in [6.07, 6.45) is 1.21. The molecule has 1 aliphatic heterocycles. The number of ether oxygens (including phenoxy) is 1. The molecule has 1 fully saturated rings. The van der Waals surface area contributed by atoms with Crippen molar-refractivity contribution in [1.82, 2.24) is 5.32 Å². The van der Waals surface area contributed by atoms with Crippen molar-refractivity contribution in [3.05, 3.63) is 0 Å². The van der Waals surface area contributed by atoms with Gasteiger partial charge in [-0.1, -0.05) is 11.8 Å². The lowest BCUT2D eigenvalue weighted by atomic mass is 10.1. The zero-order valence-corrected chi connectivity index (χ0v) is 11.0. The number of nitrogens with zero attached hydrogens (tertiary/aromatic N) is 1. The lowest BCUT2D eigenvalue weighted by molar-refractivity contribution is -0.143. The van der Waals surface area contributed by atoms with Gasteiger partial charge in [0.15, 0.2) is 5.17 Å². The first-order valence-corrected chi connectivity index (χ1v) is 6.63. The molecule has 5 heteroatoms. The zero-order chi connectivity index (χ0) is 12.0. The molecule has 16 heavy (non-hydrogen) atoms. The van der Waals surface area contributed by atoms with E-state index in [9.17, 15) is 4.79 Å². The van der Waals surface area contributed by atoms with Crippen LogP contribution in [0.15, 0.2) is 4.99 Å². The van der Waals surface area contributed by atoms with Gasteiger partial charge in [-0.2, -0.15) is 0 Å². The maximum atomic E-state index is 11.1. The van der Waals surface area contributed by atoms with Crippen LogP contribution in [0.2, 0.25) is 0 Å². The summed E-state index contributed by atoms with van der Waals surface area (Å²) >= 11 is 1.74. The Morgan fingerprint density at radius 2 is 2.38 bits per heavy atom. The van der Waals surface area contributed by atoms with E-state index in [0.29, 0.717) is 19.6 Å². The molecular formula is C11H20N2O2S. The van der Waals surface area contributed by atoms with Crippen molar-refractivity contribution < 1.29 is 9.53 Å². The van der Waals surface area contributed by atoms with Crippen LogP contribution in [0, 0.1) is 0 Å². The molecule has 1 rings (SSSR count). The normalized spacial score (nSPS) is 20.8. The van der Waals surface area contributed by atoms with Gasteiger partial charge in [0.1, 0.15) is 0 Å². The highest BCUT2D eigenvalue weighted by molar-refractivity contribution is 8.14. The second kappa shape index (κ2) is 6.13. The first-order valence-electron chi connectivity index (χ1n) is 5.64. The Bertz CT molecular complexity index is 277. The maximum Gasteiger partial charge on any atom is 0.305 e. The number of hydrogen-bond donors (Lipinski definition) is 1. The number of hydrogen-bond acceptors (Lipinski definition) is 4. The van der Waals surface area contributed by atoms with Crippen molar-refractivity contribution in [3.63, 3.8) is 0 Å². The molecular weight excluding hydrogens is 224 g/mol. The van der Waals surface area contributed by atoms with Crippen LogP contribution in [0.4, 0.5) is 0 Å². The predicted molar refractivity (Wildman–Crippen MR) is 67.8 cm³/mol. The Morgan fingerprint density at radius 1 is 1.62 bits per heavy atom. The van der Waals surface area contributed by atoms with Crippen molar-refractivity contribution in [2.45, 2.75) is 39.2 Å². The van der Waals surface area contributed by atoms with Gasteiger partial charge in [-0.25, -0.2) is 0 Å². The Hall–Kier alpha value is -0.710. The van der Waals surface area contributed by atoms with E-state index in [2.05, 4.69) is 24.2 Å². The Balaban J connectivity index is 2.16. The van der Waals surface area contributed by atoms with Crippen LogP contribution in [0.3, 0.4) is 0 Å². The van der Waals surface area contributed by atoms with Gasteiger partial charge in [-0.3, -0.25) is 9.79 Å². The summed E-state index contributed by atoms with van der Waals surface area (Å²) in [5.74, 6) is 0.916. The summed E-state index contributed by atoms with van der Waals surface area (Å²) in [7, 11) is 0. The van der Waals surface area contributed by atoms with Crippen LogP contribution < -0.4 is 5.32 Å². The average Bonchev–Trinajstić information content (AvgIpc) is 2.54. The van der Waals surface area contributed by atoms with E-state index >= 15 is 0 Å². The minimum absolute atomic E-state index is 0.130. The van der Waals surface area contributed by atoms with E-state index in [1.807, 2.05) is 6.92 Å². The third kappa shape index (κ3) is 4.88. The van der Waals surface area contributed by atoms with Crippen LogP contribution in [0.25, 0.3) is 0 Å². The van der Waals surface area contributed by atoms with Gasteiger partial charge >= 0.3 is 5.97 Å². The fourth-order valence-corrected chi connectivity index (χ4v) is 2.43. The van der Waals surface area contributed by atoms with E-state index in [0.717, 1.165) is 17.3 Å². The molecule has 0 bridgehead atoms. The smallest absolute Gasteiger partial charge is 0.305 e. The summed E-state index contributed by atoms with van der Waals surface area (Å²) in [5.41, 5.74) is 0.143. The molecule has 0 aliphatic carbocycles. The van der Waals surface area contributed by atoms with Crippen LogP contribution >= 0.6 is 11.8 Å². The second-order valence-electron chi connectivity index (χ2n) is 4.39. The average molecular weight is 244 g/mol. The fourth-order valence-electron chi connectivity index (χ4n) is 1.33. The maximum absolute atomic E-state index is 11.1. The molecule has 1 saturated heterocycles. The third-order valence-electron chi connectivity index (χ3n) is 2.11. The van der Waals surface area contributed by atoms with Gasteiger partial charge in [0.25, 0.3) is 0 Å². The number of amidine groups is 1. The van der Waals surface area contributed by atoms with Gasteiger partial charge < -0.3 is 10.1 Å². The SMILES string of the molecule is CCOC(=O)CCCN=C1NC(C)(C)CS1. The van der Waals surface area contributed by atoms with Gasteiger partial charge in [0.2, 0.25) is 0 Å². The van der Waals surface area contributed by atoms with Gasteiger partial charge in [-0.15, -0.1) is 0 Å². The Morgan fingerprint density at radius 3 is 2.94 bits per heavy atom. The molecule has 0 radical (unpaired) electrons. The summed E-state index contributed by atoms with van der Waals surface area (Å²) < 4.78 is 4.84. The number of carbonyl (C=O) groups excluding carboxylic acids is 1. The van der Waals surface area contributed by atoms with Crippen molar-refractivity contribution in [1.29, 1.82) is 0 Å². The highest BCUT2D eigenvalue weighted by Gasteiger charge is 2.26. The molecule has 1 aliphatic rings. The second-order valence-corrected chi connectivity index (χ2v) is 5.36. The van der Waals surface area contributed by atoms with Gasteiger partial charge in [0.05, 0.1) is 6.61 Å². The molecule has 1 heterocycles. The van der Waals surface area contributed by atoms with E-state index < -0.39 is 0 Å². The van der Waals surface area contributed by atoms with Crippen LogP contribution in [0.1, 0.15) is 33.6 Å². The van der Waals surface area contributed by atoms with Crippen molar-refractivity contribution in [3.8, 4) is 0 Å². The Labute approximate surface area is 101 Å². The number of nitrogens with one attached hydrogen (secondary N) is 1. The summed E-state index contributed by atoms with van der Waals surface area (Å²) in [5, 5.41) is 4.33. The lowest BCUT2D eigenvalue weighted by Gasteiger charge is -2.15.